The molecule has 0 spiro atoms. The number of pyridine rings is 1. The lowest BCUT2D eigenvalue weighted by atomic mass is 9.94. The lowest BCUT2D eigenvalue weighted by Crippen LogP contribution is -2.37. The van der Waals surface area contributed by atoms with E-state index < -0.39 is 5.91 Å². The minimum Gasteiger partial charge on any atom is -0.396 e. The highest BCUT2D eigenvalue weighted by Crippen LogP contribution is 2.37. The summed E-state index contributed by atoms with van der Waals surface area (Å²) in [6, 6.07) is 7.51. The van der Waals surface area contributed by atoms with Crippen LogP contribution in [0.5, 0.6) is 0 Å². The van der Waals surface area contributed by atoms with E-state index in [-0.39, 0.29) is 11.4 Å². The summed E-state index contributed by atoms with van der Waals surface area (Å²) in [7, 11) is 0. The van der Waals surface area contributed by atoms with Crippen LogP contribution in [0.2, 0.25) is 0 Å². The second-order valence-electron chi connectivity index (χ2n) is 7.61. The number of morpholine rings is 1. The number of hydrogen-bond acceptors (Lipinski definition) is 8. The van der Waals surface area contributed by atoms with Crippen LogP contribution in [0.4, 0.5) is 11.6 Å². The van der Waals surface area contributed by atoms with E-state index >= 15 is 0 Å². The lowest BCUT2D eigenvalue weighted by molar-refractivity contribution is 0.0996. The van der Waals surface area contributed by atoms with E-state index in [1.54, 1.807) is 18.5 Å². The van der Waals surface area contributed by atoms with Crippen LogP contribution in [0.15, 0.2) is 36.7 Å². The topological polar surface area (TPSA) is 149 Å². The van der Waals surface area contributed by atoms with Crippen molar-refractivity contribution in [3.05, 3.63) is 47.9 Å². The third kappa shape index (κ3) is 3.40. The van der Waals surface area contributed by atoms with Crippen molar-refractivity contribution < 1.29 is 9.53 Å². The Morgan fingerprint density at radius 3 is 2.75 bits per heavy atom. The molecule has 10 nitrogen and oxygen atoms in total. The third-order valence-corrected chi connectivity index (χ3v) is 5.59. The van der Waals surface area contributed by atoms with Crippen molar-refractivity contribution in [3.8, 4) is 22.5 Å². The van der Waals surface area contributed by atoms with Gasteiger partial charge in [0.1, 0.15) is 0 Å². The van der Waals surface area contributed by atoms with Crippen LogP contribution in [-0.2, 0) is 4.74 Å². The Morgan fingerprint density at radius 2 is 1.97 bits per heavy atom. The number of anilines is 2. The van der Waals surface area contributed by atoms with Gasteiger partial charge in [0.2, 0.25) is 5.95 Å². The number of ether oxygens (including phenoxy) is 1. The molecule has 1 saturated heterocycles. The molecule has 4 heterocycles. The van der Waals surface area contributed by atoms with Gasteiger partial charge in [0.05, 0.1) is 42.0 Å². The summed E-state index contributed by atoms with van der Waals surface area (Å²) >= 11 is 0. The van der Waals surface area contributed by atoms with E-state index in [0.29, 0.717) is 49.2 Å². The Balaban J connectivity index is 1.70. The number of H-pyrrole nitrogens is 1. The molecule has 0 saturated carbocycles. The summed E-state index contributed by atoms with van der Waals surface area (Å²) in [6.07, 6.45) is 3.42. The molecular weight excluding hydrogens is 408 g/mol. The van der Waals surface area contributed by atoms with Gasteiger partial charge >= 0.3 is 0 Å². The third-order valence-electron chi connectivity index (χ3n) is 5.59. The van der Waals surface area contributed by atoms with Gasteiger partial charge in [0.15, 0.2) is 5.69 Å². The first-order valence-corrected chi connectivity index (χ1v) is 10.2. The highest BCUT2D eigenvalue weighted by atomic mass is 16.5. The molecule has 10 heteroatoms. The van der Waals surface area contributed by atoms with E-state index in [1.807, 2.05) is 25.1 Å². The fraction of sp³-hybridized carbons (Fsp3) is 0.227. The number of aromatic amines is 1. The van der Waals surface area contributed by atoms with E-state index in [2.05, 4.69) is 25.1 Å². The van der Waals surface area contributed by atoms with Crippen LogP contribution in [0.1, 0.15) is 16.1 Å². The number of amides is 1. The van der Waals surface area contributed by atoms with Crippen molar-refractivity contribution in [3.63, 3.8) is 0 Å². The molecule has 0 bridgehead atoms. The maximum atomic E-state index is 12.2. The van der Waals surface area contributed by atoms with Gasteiger partial charge in [-0.3, -0.25) is 9.89 Å². The van der Waals surface area contributed by atoms with Gasteiger partial charge in [-0.05, 0) is 36.2 Å². The van der Waals surface area contributed by atoms with Crippen molar-refractivity contribution in [2.45, 2.75) is 6.92 Å². The van der Waals surface area contributed by atoms with Gasteiger partial charge in [0.25, 0.3) is 5.91 Å². The summed E-state index contributed by atoms with van der Waals surface area (Å²) in [4.78, 5) is 27.8. The SMILES string of the molecule is Cc1ccc2[nH]ncc2c1-c1cc(-c2ccnc(N3CCOCC3)n2)nc(C(N)=O)c1N. The predicted molar refractivity (Wildman–Crippen MR) is 121 cm³/mol. The number of hydrogen-bond donors (Lipinski definition) is 3. The van der Waals surface area contributed by atoms with Gasteiger partial charge in [-0.2, -0.15) is 5.10 Å². The number of nitrogens with two attached hydrogens (primary N) is 2. The van der Waals surface area contributed by atoms with E-state index in [1.165, 1.54) is 0 Å². The first-order valence-electron chi connectivity index (χ1n) is 10.2. The molecule has 5 N–H and O–H groups in total. The second-order valence-corrected chi connectivity index (χ2v) is 7.61. The van der Waals surface area contributed by atoms with Crippen LogP contribution in [0.3, 0.4) is 0 Å². The molecule has 1 aliphatic heterocycles. The number of aromatic nitrogens is 5. The monoisotopic (exact) mass is 430 g/mol. The Hall–Kier alpha value is -4.05. The molecule has 1 amide bonds. The largest absolute Gasteiger partial charge is 0.396 e. The number of aryl methyl sites for hydroxylation is 1. The van der Waals surface area contributed by atoms with Gasteiger partial charge in [-0.1, -0.05) is 6.07 Å². The van der Waals surface area contributed by atoms with Crippen molar-refractivity contribution >= 4 is 28.4 Å². The van der Waals surface area contributed by atoms with Gasteiger partial charge in [-0.15, -0.1) is 0 Å². The maximum Gasteiger partial charge on any atom is 0.269 e. The van der Waals surface area contributed by atoms with Gasteiger partial charge in [0, 0.05) is 30.2 Å². The summed E-state index contributed by atoms with van der Waals surface area (Å²) in [5.74, 6) is -0.121. The number of benzene rings is 1. The molecule has 5 rings (SSSR count). The average Bonchev–Trinajstić information content (AvgIpc) is 3.29. The number of fused-ring (bicyclic) bond motifs is 1. The summed E-state index contributed by atoms with van der Waals surface area (Å²) in [6.45, 7) is 4.64. The molecule has 1 fully saturated rings. The smallest absolute Gasteiger partial charge is 0.269 e. The zero-order valence-corrected chi connectivity index (χ0v) is 17.5. The number of nitrogen functional groups attached to an aromatic ring is 1. The fourth-order valence-corrected chi connectivity index (χ4v) is 3.97. The average molecular weight is 430 g/mol. The second kappa shape index (κ2) is 7.89. The Bertz CT molecular complexity index is 1330. The van der Waals surface area contributed by atoms with Crippen LogP contribution in [-0.4, -0.2) is 57.4 Å². The van der Waals surface area contributed by atoms with Crippen LogP contribution in [0, 0.1) is 6.92 Å². The number of nitrogens with zero attached hydrogens (tertiary/aromatic N) is 5. The molecule has 1 aliphatic rings. The predicted octanol–water partition coefficient (Wildman–Crippen LogP) is 1.91. The lowest BCUT2D eigenvalue weighted by Gasteiger charge is -2.26. The molecule has 32 heavy (non-hydrogen) atoms. The van der Waals surface area contributed by atoms with Gasteiger partial charge in [-0.25, -0.2) is 15.0 Å². The molecule has 4 aromatic rings. The zero-order chi connectivity index (χ0) is 22.2. The minimum absolute atomic E-state index is 0.00364. The van der Waals surface area contributed by atoms with Gasteiger partial charge < -0.3 is 21.1 Å². The van der Waals surface area contributed by atoms with Crippen molar-refractivity contribution in [1.82, 2.24) is 25.1 Å². The number of rotatable bonds is 4. The highest BCUT2D eigenvalue weighted by Gasteiger charge is 2.21. The maximum absolute atomic E-state index is 12.2. The quantitative estimate of drug-likeness (QED) is 0.444. The summed E-state index contributed by atoms with van der Waals surface area (Å²) in [5, 5.41) is 8.01. The van der Waals surface area contributed by atoms with E-state index in [0.717, 1.165) is 22.0 Å². The molecule has 0 radical (unpaired) electrons. The van der Waals surface area contributed by atoms with Crippen LogP contribution < -0.4 is 16.4 Å². The Morgan fingerprint density at radius 1 is 1.16 bits per heavy atom. The van der Waals surface area contributed by atoms with Crippen molar-refractivity contribution in [1.29, 1.82) is 0 Å². The first-order chi connectivity index (χ1) is 15.5. The summed E-state index contributed by atoms with van der Waals surface area (Å²) < 4.78 is 5.41. The highest BCUT2D eigenvalue weighted by molar-refractivity contribution is 6.05. The molecular formula is C22H22N8O2. The molecule has 3 aromatic heterocycles. The van der Waals surface area contributed by atoms with Crippen molar-refractivity contribution in [2.24, 2.45) is 5.73 Å². The Kier molecular flexibility index (Phi) is 4.91. The van der Waals surface area contributed by atoms with E-state index in [9.17, 15) is 4.79 Å². The molecule has 1 aromatic carbocycles. The van der Waals surface area contributed by atoms with Crippen LogP contribution in [0.25, 0.3) is 33.4 Å². The molecule has 0 unspecified atom stereocenters. The zero-order valence-electron chi connectivity index (χ0n) is 17.5. The number of carbonyl (C=O) groups excluding carboxylic acids is 1. The fourth-order valence-electron chi connectivity index (χ4n) is 3.97. The number of primary amides is 1. The normalized spacial score (nSPS) is 14.1. The number of nitrogens with one attached hydrogen (secondary N) is 1. The Labute approximate surface area is 183 Å². The standard InChI is InChI=1S/C22H22N8O2/c1-12-2-3-15-14(11-26-29-15)18(12)13-10-17(27-20(19(13)23)21(24)31)16-4-5-25-22(28-16)30-6-8-32-9-7-30/h2-5,10-11H,6-9,23H2,1H3,(H2,24,31)(H,26,29). The summed E-state index contributed by atoms with van der Waals surface area (Å²) in [5.41, 5.74) is 16.7. The van der Waals surface area contributed by atoms with Crippen molar-refractivity contribution in [2.75, 3.05) is 36.9 Å². The van der Waals surface area contributed by atoms with Crippen LogP contribution >= 0.6 is 0 Å². The molecule has 0 aliphatic carbocycles. The molecule has 162 valence electrons. The number of carbonyl (C=O) groups is 1. The first kappa shape index (κ1) is 19.9. The molecule has 0 atom stereocenters. The minimum atomic E-state index is -0.704. The van der Waals surface area contributed by atoms with E-state index in [4.69, 9.17) is 21.2 Å².